The molecule has 3 rings (SSSR count). The van der Waals surface area contributed by atoms with Gasteiger partial charge >= 0.3 is 5.69 Å². The van der Waals surface area contributed by atoms with Crippen molar-refractivity contribution in [3.8, 4) is 5.75 Å². The number of anilines is 1. The molecule has 0 bridgehead atoms. The van der Waals surface area contributed by atoms with Gasteiger partial charge in [-0.25, -0.2) is 4.79 Å². The first-order chi connectivity index (χ1) is 13.1. The standard InChI is InChI=1S/C20H21N3O4/c1-3-12-22-19(25)14-8-4-6-10-16(14)23(20(22)26)13-18(24)21-15-9-5-7-11-17(15)27-2/h4-11H,3,12-13H2,1-2H3,(H,21,24). The first kappa shape index (κ1) is 18.4. The number of aromatic nitrogens is 2. The highest BCUT2D eigenvalue weighted by Gasteiger charge is 2.15. The van der Waals surface area contributed by atoms with E-state index in [-0.39, 0.29) is 18.0 Å². The topological polar surface area (TPSA) is 82.3 Å². The van der Waals surface area contributed by atoms with Crippen LogP contribution in [0.1, 0.15) is 13.3 Å². The van der Waals surface area contributed by atoms with Crippen molar-refractivity contribution in [2.45, 2.75) is 26.4 Å². The lowest BCUT2D eigenvalue weighted by molar-refractivity contribution is -0.116. The van der Waals surface area contributed by atoms with Crippen LogP contribution >= 0.6 is 0 Å². The zero-order valence-corrected chi connectivity index (χ0v) is 15.3. The average Bonchev–Trinajstić information content (AvgIpc) is 2.69. The van der Waals surface area contributed by atoms with E-state index in [0.717, 1.165) is 0 Å². The third-order valence-corrected chi connectivity index (χ3v) is 4.26. The molecule has 0 aliphatic carbocycles. The Morgan fingerprint density at radius 3 is 2.48 bits per heavy atom. The van der Waals surface area contributed by atoms with Crippen LogP contribution in [0.2, 0.25) is 0 Å². The van der Waals surface area contributed by atoms with Crippen LogP contribution in [0.5, 0.6) is 5.75 Å². The Bertz CT molecular complexity index is 1100. The van der Waals surface area contributed by atoms with Gasteiger partial charge in [0.2, 0.25) is 5.91 Å². The van der Waals surface area contributed by atoms with Gasteiger partial charge in [0.15, 0.2) is 0 Å². The van der Waals surface area contributed by atoms with Crippen molar-refractivity contribution in [1.82, 2.24) is 9.13 Å². The molecule has 0 aliphatic rings. The van der Waals surface area contributed by atoms with E-state index >= 15 is 0 Å². The highest BCUT2D eigenvalue weighted by Crippen LogP contribution is 2.23. The Kier molecular flexibility index (Phi) is 5.40. The predicted molar refractivity (Wildman–Crippen MR) is 104 cm³/mol. The van der Waals surface area contributed by atoms with Crippen molar-refractivity contribution in [3.63, 3.8) is 0 Å². The summed E-state index contributed by atoms with van der Waals surface area (Å²) < 4.78 is 7.74. The quantitative estimate of drug-likeness (QED) is 0.724. The summed E-state index contributed by atoms with van der Waals surface area (Å²) in [5, 5.41) is 3.17. The molecule has 1 aromatic heterocycles. The van der Waals surface area contributed by atoms with Gasteiger partial charge in [-0.05, 0) is 30.7 Å². The Hall–Kier alpha value is -3.35. The molecule has 0 aliphatic heterocycles. The molecule has 1 heterocycles. The number of ether oxygens (including phenoxy) is 1. The summed E-state index contributed by atoms with van der Waals surface area (Å²) in [6.45, 7) is 1.98. The molecule has 0 unspecified atom stereocenters. The minimum absolute atomic E-state index is 0.207. The molecule has 3 aromatic rings. The molecular formula is C20H21N3O4. The van der Waals surface area contributed by atoms with Crippen molar-refractivity contribution in [3.05, 3.63) is 69.4 Å². The number of nitrogens with one attached hydrogen (secondary N) is 1. The largest absolute Gasteiger partial charge is 0.495 e. The number of amides is 1. The number of nitrogens with zero attached hydrogens (tertiary/aromatic N) is 2. The minimum atomic E-state index is -0.490. The van der Waals surface area contributed by atoms with E-state index in [4.69, 9.17) is 4.74 Å². The van der Waals surface area contributed by atoms with Crippen LogP contribution in [0.15, 0.2) is 58.1 Å². The van der Waals surface area contributed by atoms with E-state index in [0.29, 0.717) is 35.3 Å². The lowest BCUT2D eigenvalue weighted by Crippen LogP contribution is -2.41. The Labute approximate surface area is 155 Å². The van der Waals surface area contributed by atoms with Gasteiger partial charge in [0.05, 0.1) is 23.7 Å². The van der Waals surface area contributed by atoms with E-state index in [9.17, 15) is 14.4 Å². The fraction of sp³-hybridized carbons (Fsp3) is 0.250. The lowest BCUT2D eigenvalue weighted by atomic mass is 10.2. The van der Waals surface area contributed by atoms with Crippen LogP contribution in [-0.2, 0) is 17.9 Å². The van der Waals surface area contributed by atoms with Crippen molar-refractivity contribution in [2.75, 3.05) is 12.4 Å². The number of hydrogen-bond acceptors (Lipinski definition) is 4. The number of hydrogen-bond donors (Lipinski definition) is 1. The lowest BCUT2D eigenvalue weighted by Gasteiger charge is -2.14. The molecule has 7 nitrogen and oxygen atoms in total. The van der Waals surface area contributed by atoms with Gasteiger partial charge in [-0.15, -0.1) is 0 Å². The highest BCUT2D eigenvalue weighted by molar-refractivity contribution is 5.93. The fourth-order valence-electron chi connectivity index (χ4n) is 3.03. The number of carbonyl (C=O) groups is 1. The summed E-state index contributed by atoms with van der Waals surface area (Å²) in [6, 6.07) is 13.8. The maximum Gasteiger partial charge on any atom is 0.331 e. The van der Waals surface area contributed by atoms with E-state index in [1.165, 1.54) is 16.2 Å². The van der Waals surface area contributed by atoms with Crippen molar-refractivity contribution < 1.29 is 9.53 Å². The van der Waals surface area contributed by atoms with Gasteiger partial charge in [0.1, 0.15) is 12.3 Å². The molecule has 0 spiro atoms. The van der Waals surface area contributed by atoms with E-state index in [1.54, 1.807) is 48.5 Å². The highest BCUT2D eigenvalue weighted by atomic mass is 16.5. The summed E-state index contributed by atoms with van der Waals surface area (Å²) in [7, 11) is 1.52. The maximum atomic E-state index is 12.8. The van der Waals surface area contributed by atoms with Crippen LogP contribution in [-0.4, -0.2) is 22.2 Å². The first-order valence-electron chi connectivity index (χ1n) is 8.72. The molecular weight excluding hydrogens is 346 g/mol. The number of rotatable bonds is 6. The smallest absolute Gasteiger partial charge is 0.331 e. The van der Waals surface area contributed by atoms with Crippen LogP contribution in [0.25, 0.3) is 10.9 Å². The fourth-order valence-corrected chi connectivity index (χ4v) is 3.03. The van der Waals surface area contributed by atoms with Gasteiger partial charge < -0.3 is 10.1 Å². The number of carbonyl (C=O) groups excluding carboxylic acids is 1. The van der Waals surface area contributed by atoms with Crippen molar-refractivity contribution in [2.24, 2.45) is 0 Å². The summed E-state index contributed by atoms with van der Waals surface area (Å²) in [4.78, 5) is 38.0. The molecule has 0 radical (unpaired) electrons. The second-order valence-electron chi connectivity index (χ2n) is 6.09. The summed E-state index contributed by atoms with van der Waals surface area (Å²) in [5.41, 5.74) is 0.133. The van der Waals surface area contributed by atoms with Crippen LogP contribution < -0.4 is 21.3 Å². The number of methoxy groups -OCH3 is 1. The van der Waals surface area contributed by atoms with E-state index < -0.39 is 5.69 Å². The Morgan fingerprint density at radius 2 is 1.74 bits per heavy atom. The third kappa shape index (κ3) is 3.62. The maximum absolute atomic E-state index is 12.8. The van der Waals surface area contributed by atoms with Gasteiger partial charge in [-0.2, -0.15) is 0 Å². The molecule has 0 saturated carbocycles. The molecule has 0 atom stereocenters. The molecule has 27 heavy (non-hydrogen) atoms. The Balaban J connectivity index is 2.02. The van der Waals surface area contributed by atoms with Crippen molar-refractivity contribution in [1.29, 1.82) is 0 Å². The third-order valence-electron chi connectivity index (χ3n) is 4.26. The van der Waals surface area contributed by atoms with Crippen LogP contribution in [0, 0.1) is 0 Å². The summed E-state index contributed by atoms with van der Waals surface area (Å²) in [5.74, 6) is 0.146. The Morgan fingerprint density at radius 1 is 1.04 bits per heavy atom. The molecule has 1 amide bonds. The number of benzene rings is 2. The predicted octanol–water partition coefficient (Wildman–Crippen LogP) is 2.22. The SMILES string of the molecule is CCCn1c(=O)c2ccccc2n(CC(=O)Nc2ccccc2OC)c1=O. The number of fused-ring (bicyclic) bond motifs is 1. The second-order valence-corrected chi connectivity index (χ2v) is 6.09. The van der Waals surface area contributed by atoms with Gasteiger partial charge in [-0.1, -0.05) is 31.2 Å². The first-order valence-corrected chi connectivity index (χ1v) is 8.72. The number of para-hydroxylation sites is 3. The van der Waals surface area contributed by atoms with Crippen molar-refractivity contribution >= 4 is 22.5 Å². The summed E-state index contributed by atoms with van der Waals surface area (Å²) >= 11 is 0. The van der Waals surface area contributed by atoms with E-state index in [2.05, 4.69) is 5.32 Å². The van der Waals surface area contributed by atoms with Crippen LogP contribution in [0.3, 0.4) is 0 Å². The second kappa shape index (κ2) is 7.90. The zero-order chi connectivity index (χ0) is 19.4. The molecule has 0 fully saturated rings. The summed E-state index contributed by atoms with van der Waals surface area (Å²) in [6.07, 6.45) is 0.640. The van der Waals surface area contributed by atoms with Crippen LogP contribution in [0.4, 0.5) is 5.69 Å². The molecule has 0 saturated heterocycles. The molecule has 2 aromatic carbocycles. The molecule has 140 valence electrons. The molecule has 7 heteroatoms. The average molecular weight is 367 g/mol. The van der Waals surface area contributed by atoms with Gasteiger partial charge in [0.25, 0.3) is 5.56 Å². The normalized spacial score (nSPS) is 10.7. The van der Waals surface area contributed by atoms with Gasteiger partial charge in [-0.3, -0.25) is 18.7 Å². The van der Waals surface area contributed by atoms with E-state index in [1.807, 2.05) is 6.92 Å². The minimum Gasteiger partial charge on any atom is -0.495 e. The van der Waals surface area contributed by atoms with Gasteiger partial charge in [0, 0.05) is 6.54 Å². The monoisotopic (exact) mass is 367 g/mol. The molecule has 1 N–H and O–H groups in total. The zero-order valence-electron chi connectivity index (χ0n) is 15.3.